The van der Waals surface area contributed by atoms with Gasteiger partial charge in [-0.15, -0.1) is 0 Å². The minimum absolute atomic E-state index is 0.202. The summed E-state index contributed by atoms with van der Waals surface area (Å²) in [5.74, 6) is 0.954. The van der Waals surface area contributed by atoms with Crippen molar-refractivity contribution in [1.82, 2.24) is 9.97 Å². The smallest absolute Gasteiger partial charge is 0.147 e. The second-order valence-electron chi connectivity index (χ2n) is 6.68. The fourth-order valence-corrected chi connectivity index (χ4v) is 3.35. The van der Waals surface area contributed by atoms with E-state index in [9.17, 15) is 5.11 Å². The Kier molecular flexibility index (Phi) is 4.47. The van der Waals surface area contributed by atoms with E-state index in [0.29, 0.717) is 5.52 Å². The zero-order valence-electron chi connectivity index (χ0n) is 15.3. The molecule has 0 saturated heterocycles. The maximum Gasteiger partial charge on any atom is 0.147 e. The number of fused-ring (bicyclic) bond motifs is 1. The van der Waals surface area contributed by atoms with Crippen molar-refractivity contribution in [2.24, 2.45) is 0 Å². The average molecular weight is 355 g/mol. The molecule has 2 aromatic carbocycles. The van der Waals surface area contributed by atoms with Gasteiger partial charge >= 0.3 is 0 Å². The number of anilines is 1. The van der Waals surface area contributed by atoms with Crippen LogP contribution in [0.1, 0.15) is 28.4 Å². The van der Waals surface area contributed by atoms with Gasteiger partial charge in [-0.05, 0) is 43.2 Å². The van der Waals surface area contributed by atoms with Crippen molar-refractivity contribution in [3.8, 4) is 5.75 Å². The van der Waals surface area contributed by atoms with E-state index in [2.05, 4.69) is 34.3 Å². The molecule has 2 heterocycles. The zero-order chi connectivity index (χ0) is 18.8. The quantitative estimate of drug-likeness (QED) is 0.531. The predicted molar refractivity (Wildman–Crippen MR) is 109 cm³/mol. The summed E-state index contributed by atoms with van der Waals surface area (Å²) in [5.41, 5.74) is 4.50. The normalized spacial score (nSPS) is 12.1. The minimum atomic E-state index is -0.243. The molecule has 0 fully saturated rings. The Bertz CT molecular complexity index is 1090. The number of hydrogen-bond acceptors (Lipinski definition) is 4. The second-order valence-corrected chi connectivity index (χ2v) is 6.68. The Morgan fingerprint density at radius 3 is 2.41 bits per heavy atom. The Morgan fingerprint density at radius 2 is 1.63 bits per heavy atom. The van der Waals surface area contributed by atoms with Crippen LogP contribution in [0.25, 0.3) is 10.9 Å². The number of pyridine rings is 2. The van der Waals surface area contributed by atoms with Gasteiger partial charge in [-0.2, -0.15) is 0 Å². The lowest BCUT2D eigenvalue weighted by Crippen LogP contribution is -2.15. The van der Waals surface area contributed by atoms with E-state index in [1.165, 1.54) is 0 Å². The molecule has 4 nitrogen and oxygen atoms in total. The molecule has 134 valence electrons. The first-order valence-electron chi connectivity index (χ1n) is 8.96. The van der Waals surface area contributed by atoms with Crippen molar-refractivity contribution in [1.29, 1.82) is 0 Å². The van der Waals surface area contributed by atoms with Gasteiger partial charge in [0.1, 0.15) is 17.1 Å². The molecule has 0 aliphatic rings. The van der Waals surface area contributed by atoms with Gasteiger partial charge in [-0.25, -0.2) is 9.97 Å². The molecule has 0 aliphatic carbocycles. The Labute approximate surface area is 158 Å². The van der Waals surface area contributed by atoms with E-state index in [-0.39, 0.29) is 11.8 Å². The van der Waals surface area contributed by atoms with E-state index in [1.807, 2.05) is 61.5 Å². The van der Waals surface area contributed by atoms with Crippen LogP contribution in [0.2, 0.25) is 0 Å². The number of aromatic nitrogens is 2. The molecule has 4 aromatic rings. The Hall–Kier alpha value is -3.40. The van der Waals surface area contributed by atoms with Gasteiger partial charge in [0.2, 0.25) is 0 Å². The summed E-state index contributed by atoms with van der Waals surface area (Å²) >= 11 is 0. The maximum atomic E-state index is 11.1. The summed E-state index contributed by atoms with van der Waals surface area (Å²) in [5, 5.41) is 15.4. The largest absolute Gasteiger partial charge is 0.505 e. The van der Waals surface area contributed by atoms with Crippen LogP contribution in [0.5, 0.6) is 5.75 Å². The molecule has 0 radical (unpaired) electrons. The second kappa shape index (κ2) is 7.08. The third-order valence-corrected chi connectivity index (χ3v) is 4.77. The Morgan fingerprint density at radius 1 is 0.852 bits per heavy atom. The van der Waals surface area contributed by atoms with E-state index < -0.39 is 0 Å². The summed E-state index contributed by atoms with van der Waals surface area (Å²) in [6.45, 7) is 4.00. The third-order valence-electron chi connectivity index (χ3n) is 4.77. The highest BCUT2D eigenvalue weighted by Gasteiger charge is 2.21. The highest BCUT2D eigenvalue weighted by molar-refractivity contribution is 5.86. The number of nitrogens with zero attached hydrogens (tertiary/aromatic N) is 2. The van der Waals surface area contributed by atoms with E-state index in [1.54, 1.807) is 6.20 Å². The lowest BCUT2D eigenvalue weighted by Gasteiger charge is -2.23. The van der Waals surface area contributed by atoms with Gasteiger partial charge in [0.15, 0.2) is 0 Å². The molecule has 0 saturated carbocycles. The standard InChI is InChI=1S/C23H21N3O/c1-15-7-3-4-8-18(15)22(26-20-9-5-6-14-24-20)19-13-12-17-11-10-16(2)25-21(17)23(19)27/h3-14,22,27H,1-2H3,(H,24,26)/t22-/m1/s1. The number of hydrogen-bond donors (Lipinski definition) is 2. The van der Waals surface area contributed by atoms with Gasteiger partial charge in [-0.3, -0.25) is 0 Å². The van der Waals surface area contributed by atoms with Crippen molar-refractivity contribution in [2.75, 3.05) is 5.32 Å². The molecule has 2 N–H and O–H groups in total. The minimum Gasteiger partial charge on any atom is -0.505 e. The van der Waals surface area contributed by atoms with Gasteiger partial charge < -0.3 is 10.4 Å². The number of phenolic OH excluding ortho intramolecular Hbond substituents is 1. The average Bonchev–Trinajstić information content (AvgIpc) is 2.69. The van der Waals surface area contributed by atoms with Crippen LogP contribution >= 0.6 is 0 Å². The number of benzene rings is 2. The molecular weight excluding hydrogens is 334 g/mol. The van der Waals surface area contributed by atoms with Gasteiger partial charge in [0, 0.05) is 22.8 Å². The fourth-order valence-electron chi connectivity index (χ4n) is 3.35. The van der Waals surface area contributed by atoms with Crippen LogP contribution < -0.4 is 5.32 Å². The van der Waals surface area contributed by atoms with Gasteiger partial charge in [0.05, 0.1) is 6.04 Å². The summed E-state index contributed by atoms with van der Waals surface area (Å²) in [7, 11) is 0. The number of aromatic hydroxyl groups is 1. The lowest BCUT2D eigenvalue weighted by atomic mass is 9.93. The van der Waals surface area contributed by atoms with Crippen LogP contribution in [0, 0.1) is 13.8 Å². The van der Waals surface area contributed by atoms with Crippen LogP contribution in [0.3, 0.4) is 0 Å². The summed E-state index contributed by atoms with van der Waals surface area (Å²) in [6, 6.07) is 21.6. The van der Waals surface area contributed by atoms with Crippen molar-refractivity contribution in [3.05, 3.63) is 95.3 Å². The van der Waals surface area contributed by atoms with Crippen molar-refractivity contribution in [2.45, 2.75) is 19.9 Å². The topological polar surface area (TPSA) is 58.0 Å². The van der Waals surface area contributed by atoms with Crippen LogP contribution in [0.15, 0.2) is 72.9 Å². The molecule has 27 heavy (non-hydrogen) atoms. The molecule has 0 aliphatic heterocycles. The van der Waals surface area contributed by atoms with E-state index in [4.69, 9.17) is 0 Å². The Balaban J connectivity index is 1.89. The number of phenols is 1. The summed E-state index contributed by atoms with van der Waals surface area (Å²) in [4.78, 5) is 8.94. The highest BCUT2D eigenvalue weighted by Crippen LogP contribution is 2.37. The van der Waals surface area contributed by atoms with Crippen LogP contribution in [0.4, 0.5) is 5.82 Å². The summed E-state index contributed by atoms with van der Waals surface area (Å²) in [6.07, 6.45) is 1.75. The van der Waals surface area contributed by atoms with Gasteiger partial charge in [0.25, 0.3) is 0 Å². The fraction of sp³-hybridized carbons (Fsp3) is 0.130. The number of rotatable bonds is 4. The first kappa shape index (κ1) is 17.0. The molecule has 0 spiro atoms. The van der Waals surface area contributed by atoms with Crippen molar-refractivity contribution < 1.29 is 5.11 Å². The van der Waals surface area contributed by atoms with Gasteiger partial charge in [-0.1, -0.05) is 48.5 Å². The number of aryl methyl sites for hydroxylation is 2. The number of nitrogens with one attached hydrogen (secondary N) is 1. The first-order chi connectivity index (χ1) is 13.1. The SMILES string of the molecule is Cc1ccc2ccc([C@H](Nc3ccccn3)c3ccccc3C)c(O)c2n1. The molecule has 2 aromatic heterocycles. The highest BCUT2D eigenvalue weighted by atomic mass is 16.3. The molecule has 0 amide bonds. The zero-order valence-corrected chi connectivity index (χ0v) is 15.3. The molecule has 1 atom stereocenters. The van der Waals surface area contributed by atoms with Crippen LogP contribution in [-0.4, -0.2) is 15.1 Å². The first-order valence-corrected chi connectivity index (χ1v) is 8.96. The van der Waals surface area contributed by atoms with Crippen molar-refractivity contribution in [3.63, 3.8) is 0 Å². The van der Waals surface area contributed by atoms with Crippen molar-refractivity contribution >= 4 is 16.7 Å². The predicted octanol–water partition coefficient (Wildman–Crippen LogP) is 5.15. The third kappa shape index (κ3) is 3.34. The molecule has 0 unspecified atom stereocenters. The molecule has 4 heteroatoms. The lowest BCUT2D eigenvalue weighted by molar-refractivity contribution is 0.471. The van der Waals surface area contributed by atoms with Crippen LogP contribution in [-0.2, 0) is 0 Å². The van der Waals surface area contributed by atoms with E-state index in [0.717, 1.165) is 33.6 Å². The molecule has 4 rings (SSSR count). The summed E-state index contributed by atoms with van der Waals surface area (Å²) < 4.78 is 0. The van der Waals surface area contributed by atoms with E-state index >= 15 is 0 Å². The monoisotopic (exact) mass is 355 g/mol. The maximum absolute atomic E-state index is 11.1. The molecule has 0 bridgehead atoms. The molecular formula is C23H21N3O.